The lowest BCUT2D eigenvalue weighted by Crippen LogP contribution is -2.32. The second kappa shape index (κ2) is 52.0. The number of amidine groups is 1. The maximum Gasteiger partial charge on any atom is 0.573 e. The molecule has 13 aromatic rings. The summed E-state index contributed by atoms with van der Waals surface area (Å²) < 4.78 is 289. The minimum absolute atomic E-state index is 0.0247. The van der Waals surface area contributed by atoms with E-state index in [1.807, 2.05) is 41.8 Å². The summed E-state index contributed by atoms with van der Waals surface area (Å²) in [6.07, 6.45) is -19.7. The number of nitrogen functional groups attached to an aromatic ring is 1. The topological polar surface area (TPSA) is 578 Å². The predicted octanol–water partition coefficient (Wildman–Crippen LogP) is 14.8. The number of carbonyl (C=O) groups is 6. The Labute approximate surface area is 812 Å². The average Bonchev–Trinajstić information content (AvgIpc) is 1.64. The predicted molar refractivity (Wildman–Crippen MR) is 481 cm³/mol. The van der Waals surface area contributed by atoms with Gasteiger partial charge in [0.25, 0.3) is 68.5 Å². The number of aromatic carboxylic acids is 2. The molecule has 0 atom stereocenters. The van der Waals surface area contributed by atoms with Crippen molar-refractivity contribution in [2.75, 3.05) is 42.1 Å². The highest BCUT2D eigenvalue weighted by atomic mass is 35.5. The number of hydrogen-bond donors (Lipinski definition) is 11. The molecule has 0 unspecified atom stereocenters. The Kier molecular flexibility index (Phi) is 41.2. The average molecular weight is 2130 g/mol. The number of aliphatic imine (C=N–C) groups is 2. The van der Waals surface area contributed by atoms with E-state index in [-0.39, 0.29) is 40.4 Å². The highest BCUT2D eigenvalue weighted by Gasteiger charge is 2.38. The van der Waals surface area contributed by atoms with Gasteiger partial charge in [0, 0.05) is 5.56 Å². The van der Waals surface area contributed by atoms with Crippen LogP contribution < -0.4 is 73.2 Å². The lowest BCUT2D eigenvalue weighted by atomic mass is 10.1. The molecule has 14 rings (SSSR count). The van der Waals surface area contributed by atoms with Crippen LogP contribution in [-0.4, -0.2) is 201 Å². The lowest BCUT2D eigenvalue weighted by molar-refractivity contribution is -0.275. The molecule has 764 valence electrons. The number of H-pyrrole nitrogens is 4. The first-order valence-corrected chi connectivity index (χ1v) is 44.1. The Hall–Kier alpha value is -16.7. The number of carboxylic acid groups (broad SMARTS) is 2. The van der Waals surface area contributed by atoms with Crippen LogP contribution in [0.3, 0.4) is 0 Å². The van der Waals surface area contributed by atoms with Crippen LogP contribution in [0.4, 0.5) is 61.5 Å². The van der Waals surface area contributed by atoms with Gasteiger partial charge in [-0.2, -0.15) is 50.8 Å². The molecule has 0 bridgehead atoms. The number of benzene rings is 10. The number of aromatic nitrogens is 9. The number of nitrogens with two attached hydrogens (primary N) is 2. The second-order valence-electron chi connectivity index (χ2n) is 26.4. The molecule has 0 spiro atoms. The number of methoxy groups -OCH3 is 5. The third-order valence-electron chi connectivity index (χ3n) is 16.9. The maximum absolute atomic E-state index is 12.5. The minimum Gasteiger partial charge on any atom is -0.496 e. The largest absolute Gasteiger partial charge is 0.573 e. The molecule has 3 aromatic heterocycles. The fourth-order valence-corrected chi connectivity index (χ4v) is 13.4. The highest BCUT2D eigenvalue weighted by molar-refractivity contribution is 8.04. The van der Waals surface area contributed by atoms with E-state index < -0.39 is 147 Å². The summed E-state index contributed by atoms with van der Waals surface area (Å²) in [7, 11) is -5.39. The summed E-state index contributed by atoms with van der Waals surface area (Å²) in [5, 5.41) is 36.9. The number of halogens is 15. The van der Waals surface area contributed by atoms with E-state index in [0.29, 0.717) is 56.0 Å². The van der Waals surface area contributed by atoms with E-state index in [1.54, 1.807) is 101 Å². The zero-order valence-electron chi connectivity index (χ0n) is 73.3. The number of carbonyl (C=O) groups excluding carboxylic acids is 4. The first-order valence-electron chi connectivity index (χ1n) is 38.8. The smallest absolute Gasteiger partial charge is 0.496 e. The molecule has 3 amide bonds. The first kappa shape index (κ1) is 114. The number of sulfonamides is 3. The second-order valence-corrected chi connectivity index (χ2v) is 31.8. The van der Waals surface area contributed by atoms with Crippen molar-refractivity contribution in [3.05, 3.63) is 286 Å². The van der Waals surface area contributed by atoms with Crippen LogP contribution in [-0.2, 0) is 30.1 Å². The van der Waals surface area contributed by atoms with Gasteiger partial charge in [0.2, 0.25) is 4.77 Å². The quantitative estimate of drug-likeness (QED) is 0.00632. The molecule has 40 nitrogen and oxygen atoms in total. The molecule has 144 heavy (non-hydrogen) atoms. The number of rotatable bonds is 25. The molecule has 13 N–H and O–H groups in total. The Morgan fingerprint density at radius 3 is 1.02 bits per heavy atom. The SMILES string of the molecule is COc1ccccc1-c1n[nH]c(S(=O)(=O)NC(=O)c2ccccc2OC(F)(F)F)n1.COc1ccccc1-c1n[nH]c(S(=O)(=O)NC(=O)c2ccccc2OC(F)F)n1.COc1ccccc1-c1nc(=S)[nH][nH]1.COc1ccccc1C(=O)NN.COc1ccccc1C1=NC(S(N)(=O)=O)=NC1.O=C(Cl)c1ccccc1OC(F)(F)F.O=C(O)c1ccccc1OC(F)(F)F.O=C(O)c1ccccc1OC(F)(F)F. The van der Waals surface area contributed by atoms with Gasteiger partial charge in [0.15, 0.2) is 17.5 Å². The first-order chi connectivity index (χ1) is 67.7. The number of primary sulfonamides is 1. The summed E-state index contributed by atoms with van der Waals surface area (Å²) in [5.41, 5.74) is 3.04. The number of hydrogen-bond acceptors (Lipinski definition) is 31. The van der Waals surface area contributed by atoms with Crippen molar-refractivity contribution in [3.63, 3.8) is 0 Å². The molecule has 1 aliphatic rings. The highest BCUT2D eigenvalue weighted by Crippen LogP contribution is 2.35. The van der Waals surface area contributed by atoms with Gasteiger partial charge in [-0.05, 0) is 145 Å². The maximum atomic E-state index is 12.5. The normalized spacial score (nSPS) is 11.5. The van der Waals surface area contributed by atoms with Crippen LogP contribution >= 0.6 is 23.8 Å². The molecular formula is C85H71ClF14N16O24S4. The Morgan fingerprint density at radius 2 is 0.694 bits per heavy atom. The summed E-state index contributed by atoms with van der Waals surface area (Å²) in [5.74, 6) is -0.801. The van der Waals surface area contributed by atoms with E-state index in [0.717, 1.165) is 77.5 Å². The van der Waals surface area contributed by atoms with Gasteiger partial charge in [-0.3, -0.25) is 34.8 Å². The van der Waals surface area contributed by atoms with Crippen molar-refractivity contribution in [1.29, 1.82) is 0 Å². The van der Waals surface area contributed by atoms with E-state index in [4.69, 9.17) is 68.7 Å². The van der Waals surface area contributed by atoms with Crippen molar-refractivity contribution in [3.8, 4) is 91.7 Å². The molecule has 0 aliphatic carbocycles. The number of hydrazine groups is 1. The van der Waals surface area contributed by atoms with Gasteiger partial charge in [-0.25, -0.2) is 58.6 Å². The van der Waals surface area contributed by atoms with Gasteiger partial charge in [-0.15, -0.1) is 52.7 Å². The number of aromatic amines is 4. The molecule has 0 saturated carbocycles. The molecule has 59 heteroatoms. The fourth-order valence-electron chi connectivity index (χ4n) is 11.0. The number of nitrogens with one attached hydrogen (secondary N) is 7. The number of amides is 3. The standard InChI is InChI=1S/C17H13F3N4O5S.C17H14F2N4O5S.C10H11N3O3S.C9H9N3OS.C8H4ClF3O2.2C8H5F3O3.C8H10N2O2/c1-28-12-8-4-2-6-10(12)14-21-16(23-22-14)30(26,27)24-15(25)11-7-3-5-9-13(11)29-17(18,19)20;1-27-12-8-4-2-6-10(12)14-20-17(22-21-14)29(25,26)23-15(24)11-7-3-5-9-13(11)28-16(18)19;1-16-9-5-3-2-4-7(9)8-6-12-10(13-8)17(11,14)15;1-13-7-5-3-2-4-6(7)8-10-9(14)12-11-8;9-7(13)5-3-1-2-4-6(5)14-8(10,11)12;2*9-8(10,11)14-6-4-2-1-3-5(6)7(12)13;1-12-7-5-3-2-4-6(7)8(11)10-9/h2-9H,1H3,(H,24,25)(H,21,22,23);2-9,16H,1H3,(H,23,24)(H,20,21,22);2-5H,6H2,1H3,(H2,11,14,15);2-5H,1H3,(H2,10,11,12,14);1-4H;2*1-4H,(H,12,13);2-5H,9H2,1H3,(H,10,11). The number of carboxylic acids is 2. The van der Waals surface area contributed by atoms with E-state index in [9.17, 15) is 115 Å². The van der Waals surface area contributed by atoms with E-state index >= 15 is 0 Å². The van der Waals surface area contributed by atoms with E-state index in [1.165, 1.54) is 89.1 Å². The van der Waals surface area contributed by atoms with Crippen LogP contribution in [0.25, 0.3) is 34.2 Å². The van der Waals surface area contributed by atoms with Crippen molar-refractivity contribution in [1.82, 2.24) is 60.4 Å². The van der Waals surface area contributed by atoms with Crippen LogP contribution in [0, 0.1) is 4.77 Å². The summed E-state index contributed by atoms with van der Waals surface area (Å²) in [6.45, 7) is -3.00. The fraction of sp³-hybridized carbons (Fsp3) is 0.129. The summed E-state index contributed by atoms with van der Waals surface area (Å²) >= 11 is 9.92. The zero-order valence-corrected chi connectivity index (χ0v) is 77.4. The zero-order chi connectivity index (χ0) is 107. The van der Waals surface area contributed by atoms with Crippen molar-refractivity contribution in [2.24, 2.45) is 21.0 Å². The molecule has 4 heterocycles. The van der Waals surface area contributed by atoms with Gasteiger partial charge < -0.3 is 57.6 Å². The molecule has 0 radical (unpaired) electrons. The van der Waals surface area contributed by atoms with Gasteiger partial charge in [0.05, 0.1) is 86.7 Å². The Balaban J connectivity index is 0.000000229. The van der Waals surface area contributed by atoms with Crippen LogP contribution in [0.5, 0.6) is 57.5 Å². The van der Waals surface area contributed by atoms with Crippen molar-refractivity contribution >= 4 is 99.7 Å². The van der Waals surface area contributed by atoms with Crippen LogP contribution in [0.15, 0.2) is 263 Å². The van der Waals surface area contributed by atoms with Crippen LogP contribution in [0.1, 0.15) is 67.7 Å². The van der Waals surface area contributed by atoms with Gasteiger partial charge in [0.1, 0.15) is 68.6 Å². The molecule has 10 aromatic carbocycles. The van der Waals surface area contributed by atoms with Gasteiger partial charge in [-0.1, -0.05) is 121 Å². The third-order valence-corrected chi connectivity index (χ3v) is 20.3. The number of ether oxygens (including phenoxy) is 10. The van der Waals surface area contributed by atoms with Crippen molar-refractivity contribution in [2.45, 2.75) is 42.4 Å². The molecule has 0 saturated heterocycles. The molecule has 1 aliphatic heterocycles. The van der Waals surface area contributed by atoms with Gasteiger partial charge >= 0.3 is 44.0 Å². The molecule has 0 fully saturated rings. The van der Waals surface area contributed by atoms with E-state index in [2.05, 4.69) is 79.2 Å². The Bertz CT molecular complexity index is 6980. The third kappa shape index (κ3) is 35.6. The number of alkyl halides is 14. The van der Waals surface area contributed by atoms with Crippen molar-refractivity contribution < 1.29 is 173 Å². The number of nitrogens with zero attached hydrogens (tertiary/aromatic N) is 7. The number of para-hydroxylation sites is 10. The summed E-state index contributed by atoms with van der Waals surface area (Å²) in [4.78, 5) is 86.8. The minimum atomic E-state index is -5.07. The monoisotopic (exact) mass is 2130 g/mol. The Morgan fingerprint density at radius 1 is 0.403 bits per heavy atom. The summed E-state index contributed by atoms with van der Waals surface area (Å²) in [6, 6.07) is 58.1. The molecular weight excluding hydrogens is 2060 g/mol. The van der Waals surface area contributed by atoms with Crippen LogP contribution in [0.2, 0.25) is 0 Å². The lowest BCUT2D eigenvalue weighted by Gasteiger charge is -2.12.